The van der Waals surface area contributed by atoms with Gasteiger partial charge in [-0.25, -0.2) is 4.39 Å². The van der Waals surface area contributed by atoms with Gasteiger partial charge in [0.1, 0.15) is 10.7 Å². The average Bonchev–Trinajstić information content (AvgIpc) is 2.75. The van der Waals surface area contributed by atoms with Gasteiger partial charge in [-0.05, 0) is 43.3 Å². The molecule has 0 bridgehead atoms. The number of thiophene rings is 2. The van der Waals surface area contributed by atoms with Crippen LogP contribution in [0.1, 0.15) is 14.5 Å². The van der Waals surface area contributed by atoms with Crippen LogP contribution in [-0.2, 0) is 0 Å². The Kier molecular flexibility index (Phi) is 3.39. The topological polar surface area (TPSA) is 17.1 Å². The highest BCUT2D eigenvalue weighted by atomic mass is 79.9. The zero-order valence-electron chi connectivity index (χ0n) is 7.09. The van der Waals surface area contributed by atoms with Gasteiger partial charge in [-0.2, -0.15) is 0 Å². The number of halogens is 3. The zero-order valence-corrected chi connectivity index (χ0v) is 11.9. The fraction of sp³-hybridized carbons (Fsp3) is 0. The smallest absolute Gasteiger partial charge is 0.217 e. The van der Waals surface area contributed by atoms with Gasteiger partial charge in [0.25, 0.3) is 0 Å². The highest BCUT2D eigenvalue weighted by Gasteiger charge is 2.20. The molecule has 15 heavy (non-hydrogen) atoms. The van der Waals surface area contributed by atoms with Crippen LogP contribution < -0.4 is 0 Å². The molecule has 0 aliphatic heterocycles. The van der Waals surface area contributed by atoms with E-state index in [9.17, 15) is 9.18 Å². The minimum absolute atomic E-state index is 0.157. The molecule has 0 atom stereocenters. The molecule has 0 saturated heterocycles. The summed E-state index contributed by atoms with van der Waals surface area (Å²) in [5.74, 6) is -0.730. The lowest BCUT2D eigenvalue weighted by Gasteiger charge is -1.95. The number of rotatable bonds is 2. The number of carbonyl (C=O) groups is 1. The van der Waals surface area contributed by atoms with E-state index in [1.54, 1.807) is 10.8 Å². The van der Waals surface area contributed by atoms with Gasteiger partial charge in [0.05, 0.1) is 9.35 Å². The first kappa shape index (κ1) is 11.4. The Labute approximate surface area is 110 Å². The van der Waals surface area contributed by atoms with Crippen molar-refractivity contribution < 1.29 is 9.18 Å². The quantitative estimate of drug-likeness (QED) is 0.701. The summed E-state index contributed by atoms with van der Waals surface area (Å²) >= 11 is 8.98. The van der Waals surface area contributed by atoms with E-state index in [0.29, 0.717) is 9.35 Å². The molecule has 0 spiro atoms. The Morgan fingerprint density at radius 2 is 2.00 bits per heavy atom. The normalized spacial score (nSPS) is 10.6. The van der Waals surface area contributed by atoms with Crippen LogP contribution >= 0.6 is 54.5 Å². The first-order valence-electron chi connectivity index (χ1n) is 3.81. The van der Waals surface area contributed by atoms with Crippen molar-refractivity contribution in [2.24, 2.45) is 0 Å². The van der Waals surface area contributed by atoms with E-state index in [1.165, 1.54) is 17.4 Å². The molecule has 2 rings (SSSR count). The fourth-order valence-electron chi connectivity index (χ4n) is 1.03. The average molecular weight is 370 g/mol. The molecule has 0 unspecified atom stereocenters. The van der Waals surface area contributed by atoms with Crippen molar-refractivity contribution in [2.45, 2.75) is 0 Å². The van der Waals surface area contributed by atoms with Crippen molar-refractivity contribution >= 4 is 60.3 Å². The monoisotopic (exact) mass is 368 g/mol. The number of hydrogen-bond donors (Lipinski definition) is 0. The van der Waals surface area contributed by atoms with Crippen molar-refractivity contribution in [3.8, 4) is 0 Å². The van der Waals surface area contributed by atoms with Crippen molar-refractivity contribution in [3.05, 3.63) is 41.3 Å². The fourth-order valence-corrected chi connectivity index (χ4v) is 3.91. The number of carbonyl (C=O) groups excluding carboxylic acids is 1. The maximum absolute atomic E-state index is 13.2. The molecule has 2 aromatic rings. The second-order valence-corrected chi connectivity index (χ2v) is 6.10. The summed E-state index contributed by atoms with van der Waals surface area (Å²) in [4.78, 5) is 12.6. The highest BCUT2D eigenvalue weighted by Crippen LogP contribution is 2.35. The summed E-state index contributed by atoms with van der Waals surface area (Å²) in [7, 11) is 0. The molecule has 0 aliphatic carbocycles. The Morgan fingerprint density at radius 3 is 2.47 bits per heavy atom. The minimum atomic E-state index is -0.457. The van der Waals surface area contributed by atoms with Crippen LogP contribution in [0.15, 0.2) is 25.8 Å². The molecule has 0 amide bonds. The molecule has 0 fully saturated rings. The van der Waals surface area contributed by atoms with Gasteiger partial charge >= 0.3 is 0 Å². The summed E-state index contributed by atoms with van der Waals surface area (Å²) in [6.07, 6.45) is 0. The summed E-state index contributed by atoms with van der Waals surface area (Å²) in [5.41, 5.74) is 0. The number of ketones is 1. The zero-order chi connectivity index (χ0) is 11.0. The van der Waals surface area contributed by atoms with Gasteiger partial charge in [-0.15, -0.1) is 22.7 Å². The minimum Gasteiger partial charge on any atom is -0.287 e. The van der Waals surface area contributed by atoms with E-state index in [1.807, 2.05) is 0 Å². The predicted molar refractivity (Wildman–Crippen MR) is 67.4 cm³/mol. The third-order valence-electron chi connectivity index (χ3n) is 1.72. The molecule has 0 aromatic carbocycles. The largest absolute Gasteiger partial charge is 0.287 e. The van der Waals surface area contributed by atoms with E-state index in [0.717, 1.165) is 15.8 Å². The first-order chi connectivity index (χ1) is 7.11. The summed E-state index contributed by atoms with van der Waals surface area (Å²) in [6.45, 7) is 0. The molecular weight excluding hydrogens is 367 g/mol. The first-order valence-corrected chi connectivity index (χ1v) is 7.16. The van der Waals surface area contributed by atoms with Gasteiger partial charge in [0.2, 0.25) is 5.78 Å². The van der Waals surface area contributed by atoms with E-state index < -0.39 is 5.82 Å². The van der Waals surface area contributed by atoms with E-state index in [2.05, 4.69) is 31.9 Å². The molecule has 0 saturated carbocycles. The van der Waals surface area contributed by atoms with Crippen LogP contribution in [0.2, 0.25) is 0 Å². The molecule has 0 radical (unpaired) electrons. The van der Waals surface area contributed by atoms with Gasteiger partial charge < -0.3 is 0 Å². The lowest BCUT2D eigenvalue weighted by molar-refractivity contribution is 0.104. The lowest BCUT2D eigenvalue weighted by Crippen LogP contribution is -1.98. The summed E-state index contributed by atoms with van der Waals surface area (Å²) in [5, 5.41) is 3.36. The van der Waals surface area contributed by atoms with Crippen molar-refractivity contribution in [3.63, 3.8) is 0 Å². The molecule has 0 N–H and O–H groups in total. The Morgan fingerprint density at radius 1 is 1.27 bits per heavy atom. The van der Waals surface area contributed by atoms with Gasteiger partial charge in [-0.1, -0.05) is 0 Å². The third-order valence-corrected chi connectivity index (χ3v) is 6.13. The lowest BCUT2D eigenvalue weighted by atomic mass is 10.2. The van der Waals surface area contributed by atoms with Gasteiger partial charge in [0.15, 0.2) is 0 Å². The van der Waals surface area contributed by atoms with Crippen LogP contribution in [-0.4, -0.2) is 5.78 Å². The number of hydrogen-bond acceptors (Lipinski definition) is 3. The van der Waals surface area contributed by atoms with Crippen LogP contribution in [0.5, 0.6) is 0 Å². The van der Waals surface area contributed by atoms with Gasteiger partial charge in [0, 0.05) is 9.85 Å². The molecule has 6 heteroatoms. The SMILES string of the molecule is O=C(c1sccc1F)c1scc(Br)c1Br. The molecular formula is C9H3Br2FOS2. The van der Waals surface area contributed by atoms with Crippen LogP contribution in [0.4, 0.5) is 4.39 Å². The van der Waals surface area contributed by atoms with E-state index in [4.69, 9.17) is 0 Å². The van der Waals surface area contributed by atoms with Crippen molar-refractivity contribution in [2.75, 3.05) is 0 Å². The molecule has 2 aromatic heterocycles. The second kappa shape index (κ2) is 4.45. The molecule has 1 nitrogen and oxygen atoms in total. The Balaban J connectivity index is 2.46. The summed E-state index contributed by atoms with van der Waals surface area (Å²) in [6, 6.07) is 1.30. The van der Waals surface area contributed by atoms with E-state index in [-0.39, 0.29) is 10.7 Å². The maximum Gasteiger partial charge on any atom is 0.217 e. The molecule has 0 aliphatic rings. The molecule has 78 valence electrons. The molecule has 2 heterocycles. The Hall–Kier alpha value is -0.0400. The predicted octanol–water partition coefficient (Wildman–Crippen LogP) is 4.70. The Bertz CT molecular complexity index is 518. The van der Waals surface area contributed by atoms with Crippen LogP contribution in [0, 0.1) is 5.82 Å². The van der Waals surface area contributed by atoms with Crippen molar-refractivity contribution in [1.82, 2.24) is 0 Å². The van der Waals surface area contributed by atoms with Crippen LogP contribution in [0.3, 0.4) is 0 Å². The van der Waals surface area contributed by atoms with Gasteiger partial charge in [-0.3, -0.25) is 4.79 Å². The highest BCUT2D eigenvalue weighted by molar-refractivity contribution is 9.13. The summed E-state index contributed by atoms with van der Waals surface area (Å²) < 4.78 is 14.7. The van der Waals surface area contributed by atoms with Crippen LogP contribution in [0.25, 0.3) is 0 Å². The maximum atomic E-state index is 13.2. The van der Waals surface area contributed by atoms with E-state index >= 15 is 0 Å². The van der Waals surface area contributed by atoms with Crippen molar-refractivity contribution in [1.29, 1.82) is 0 Å². The third kappa shape index (κ3) is 2.08. The second-order valence-electron chi connectivity index (χ2n) is 2.65. The standard InChI is InChI=1S/C9H3Br2FOS2/c10-4-3-15-9(6(4)11)7(13)8-5(12)1-2-14-8/h1-3H.